The molecule has 0 saturated carbocycles. The van der Waals surface area contributed by atoms with E-state index < -0.39 is 16.1 Å². The van der Waals surface area contributed by atoms with Crippen LogP contribution in [0.5, 0.6) is 0 Å². The monoisotopic (exact) mass is 282 g/mol. The Morgan fingerprint density at radius 2 is 2.26 bits per heavy atom. The molecular formula is C10H14N6O2S. The summed E-state index contributed by atoms with van der Waals surface area (Å²) in [6.07, 6.45) is 0. The second kappa shape index (κ2) is 5.43. The van der Waals surface area contributed by atoms with Crippen LogP contribution in [0.15, 0.2) is 29.2 Å². The molecule has 19 heavy (non-hydrogen) atoms. The summed E-state index contributed by atoms with van der Waals surface area (Å²) in [5.41, 5.74) is 6.24. The first-order valence-electron chi connectivity index (χ1n) is 5.57. The van der Waals surface area contributed by atoms with Gasteiger partial charge in [-0.2, -0.15) is 5.21 Å². The minimum absolute atomic E-state index is 0.158. The number of hydrogen-bond acceptors (Lipinski definition) is 6. The molecule has 102 valence electrons. The Balaban J connectivity index is 2.22. The molecule has 0 spiro atoms. The van der Waals surface area contributed by atoms with E-state index in [-0.39, 0.29) is 17.3 Å². The van der Waals surface area contributed by atoms with E-state index >= 15 is 0 Å². The first kappa shape index (κ1) is 13.6. The number of tetrazole rings is 1. The molecule has 8 nitrogen and oxygen atoms in total. The standard InChI is InChI=1S/C10H14N6O2S/c1-7(10-12-15-16-13-10)14-19(17,18)9-4-2-3-8(5-9)6-11/h2-5,7,14H,6,11H2,1H3,(H,12,13,15,16). The SMILES string of the molecule is CC(NS(=O)(=O)c1cccc(CN)c1)c1nn[nH]n1. The van der Waals surface area contributed by atoms with Crippen LogP contribution in [0.25, 0.3) is 0 Å². The summed E-state index contributed by atoms with van der Waals surface area (Å²) < 4.78 is 26.8. The maximum Gasteiger partial charge on any atom is 0.241 e. The zero-order valence-corrected chi connectivity index (χ0v) is 11.1. The topological polar surface area (TPSA) is 127 Å². The summed E-state index contributed by atoms with van der Waals surface area (Å²) in [6, 6.07) is 5.87. The van der Waals surface area contributed by atoms with Crippen LogP contribution < -0.4 is 10.5 Å². The Labute approximate surface area is 110 Å². The van der Waals surface area contributed by atoms with Crippen molar-refractivity contribution in [3.05, 3.63) is 35.7 Å². The second-order valence-electron chi connectivity index (χ2n) is 3.96. The number of hydrogen-bond donors (Lipinski definition) is 3. The van der Waals surface area contributed by atoms with Gasteiger partial charge in [-0.1, -0.05) is 17.3 Å². The van der Waals surface area contributed by atoms with Gasteiger partial charge in [-0.15, -0.1) is 10.2 Å². The van der Waals surface area contributed by atoms with Crippen molar-refractivity contribution in [2.24, 2.45) is 5.73 Å². The van der Waals surface area contributed by atoms with E-state index in [0.717, 1.165) is 5.56 Å². The number of rotatable bonds is 5. The van der Waals surface area contributed by atoms with Gasteiger partial charge < -0.3 is 5.73 Å². The largest absolute Gasteiger partial charge is 0.326 e. The van der Waals surface area contributed by atoms with Gasteiger partial charge in [0.2, 0.25) is 10.0 Å². The van der Waals surface area contributed by atoms with Crippen LogP contribution in [0.1, 0.15) is 24.4 Å². The minimum Gasteiger partial charge on any atom is -0.326 e. The predicted octanol–water partition coefficient (Wildman–Crippen LogP) is -0.302. The van der Waals surface area contributed by atoms with E-state index in [4.69, 9.17) is 5.73 Å². The number of H-pyrrole nitrogens is 1. The van der Waals surface area contributed by atoms with Crippen LogP contribution in [-0.4, -0.2) is 29.0 Å². The normalized spacial score (nSPS) is 13.4. The third-order valence-electron chi connectivity index (χ3n) is 2.53. The highest BCUT2D eigenvalue weighted by Gasteiger charge is 2.20. The van der Waals surface area contributed by atoms with Crippen molar-refractivity contribution in [2.45, 2.75) is 24.4 Å². The Hall–Kier alpha value is -1.84. The van der Waals surface area contributed by atoms with Crippen molar-refractivity contribution in [1.29, 1.82) is 0 Å². The summed E-state index contributed by atoms with van der Waals surface area (Å²) in [5.74, 6) is 0.276. The molecule has 1 aromatic heterocycles. The van der Waals surface area contributed by atoms with Gasteiger partial charge in [-0.05, 0) is 24.6 Å². The van der Waals surface area contributed by atoms with Crippen molar-refractivity contribution in [2.75, 3.05) is 0 Å². The highest BCUT2D eigenvalue weighted by atomic mass is 32.2. The molecule has 2 rings (SSSR count). The number of nitrogens with zero attached hydrogens (tertiary/aromatic N) is 3. The fourth-order valence-corrected chi connectivity index (χ4v) is 2.82. The number of aromatic nitrogens is 4. The van der Waals surface area contributed by atoms with Gasteiger partial charge in [0.05, 0.1) is 10.9 Å². The lowest BCUT2D eigenvalue weighted by molar-refractivity contribution is 0.560. The summed E-state index contributed by atoms with van der Waals surface area (Å²) >= 11 is 0. The fourth-order valence-electron chi connectivity index (χ4n) is 1.55. The number of aromatic amines is 1. The molecule has 1 aromatic carbocycles. The third-order valence-corrected chi connectivity index (χ3v) is 4.06. The molecule has 0 saturated heterocycles. The van der Waals surface area contributed by atoms with Crippen LogP contribution in [0, 0.1) is 0 Å². The van der Waals surface area contributed by atoms with Crippen LogP contribution in [0.4, 0.5) is 0 Å². The van der Waals surface area contributed by atoms with E-state index in [0.29, 0.717) is 0 Å². The van der Waals surface area contributed by atoms with Crippen molar-refractivity contribution in [1.82, 2.24) is 25.3 Å². The summed E-state index contributed by atoms with van der Waals surface area (Å²) in [5, 5.41) is 13.1. The maximum atomic E-state index is 12.2. The fraction of sp³-hybridized carbons (Fsp3) is 0.300. The van der Waals surface area contributed by atoms with Crippen molar-refractivity contribution < 1.29 is 8.42 Å². The zero-order chi connectivity index (χ0) is 13.9. The van der Waals surface area contributed by atoms with E-state index in [2.05, 4.69) is 25.3 Å². The van der Waals surface area contributed by atoms with E-state index in [1.165, 1.54) is 12.1 Å². The Bertz CT molecular complexity index is 640. The summed E-state index contributed by atoms with van der Waals surface area (Å²) in [4.78, 5) is 0.158. The molecule has 9 heteroatoms. The molecule has 0 fully saturated rings. The number of sulfonamides is 1. The Morgan fingerprint density at radius 3 is 2.89 bits per heavy atom. The molecule has 2 aromatic rings. The van der Waals surface area contributed by atoms with Crippen molar-refractivity contribution >= 4 is 10.0 Å². The molecule has 4 N–H and O–H groups in total. The maximum absolute atomic E-state index is 12.2. The number of nitrogens with one attached hydrogen (secondary N) is 2. The molecule has 0 aliphatic heterocycles. The molecule has 1 unspecified atom stereocenters. The first-order valence-corrected chi connectivity index (χ1v) is 7.06. The summed E-state index contributed by atoms with van der Waals surface area (Å²) in [7, 11) is -3.65. The highest BCUT2D eigenvalue weighted by molar-refractivity contribution is 7.89. The number of benzene rings is 1. The average Bonchev–Trinajstić information content (AvgIpc) is 2.92. The number of nitrogens with two attached hydrogens (primary N) is 1. The van der Waals surface area contributed by atoms with Gasteiger partial charge in [-0.3, -0.25) is 0 Å². The van der Waals surface area contributed by atoms with Gasteiger partial charge in [0.1, 0.15) is 0 Å². The first-order chi connectivity index (χ1) is 9.03. The Kier molecular flexibility index (Phi) is 3.88. The van der Waals surface area contributed by atoms with Gasteiger partial charge in [-0.25, -0.2) is 13.1 Å². The zero-order valence-electron chi connectivity index (χ0n) is 10.2. The van der Waals surface area contributed by atoms with Gasteiger partial charge in [0.25, 0.3) is 0 Å². The molecular weight excluding hydrogens is 268 g/mol. The van der Waals surface area contributed by atoms with Crippen LogP contribution in [-0.2, 0) is 16.6 Å². The highest BCUT2D eigenvalue weighted by Crippen LogP contribution is 2.14. The Morgan fingerprint density at radius 1 is 1.47 bits per heavy atom. The minimum atomic E-state index is -3.65. The van der Waals surface area contributed by atoms with Crippen LogP contribution in [0.2, 0.25) is 0 Å². The van der Waals surface area contributed by atoms with Crippen molar-refractivity contribution in [3.63, 3.8) is 0 Å². The smallest absolute Gasteiger partial charge is 0.241 e. The van der Waals surface area contributed by atoms with Crippen molar-refractivity contribution in [3.8, 4) is 0 Å². The molecule has 0 amide bonds. The molecule has 0 aliphatic carbocycles. The van der Waals surface area contributed by atoms with Gasteiger partial charge in [0.15, 0.2) is 5.82 Å². The lowest BCUT2D eigenvalue weighted by Gasteiger charge is -2.11. The van der Waals surface area contributed by atoms with Crippen LogP contribution >= 0.6 is 0 Å². The molecule has 0 bridgehead atoms. The summed E-state index contributed by atoms with van der Waals surface area (Å²) in [6.45, 7) is 1.92. The lowest BCUT2D eigenvalue weighted by atomic mass is 10.2. The molecule has 1 heterocycles. The predicted molar refractivity (Wildman–Crippen MR) is 67.2 cm³/mol. The molecule has 0 aliphatic rings. The molecule has 0 radical (unpaired) electrons. The van der Waals surface area contributed by atoms with Crippen LogP contribution in [0.3, 0.4) is 0 Å². The van der Waals surface area contributed by atoms with E-state index in [1.54, 1.807) is 19.1 Å². The second-order valence-corrected chi connectivity index (χ2v) is 5.68. The third kappa shape index (κ3) is 3.13. The lowest BCUT2D eigenvalue weighted by Crippen LogP contribution is -2.27. The van der Waals surface area contributed by atoms with E-state index in [1.807, 2.05) is 0 Å². The molecule has 1 atom stereocenters. The van der Waals surface area contributed by atoms with Gasteiger partial charge >= 0.3 is 0 Å². The van der Waals surface area contributed by atoms with E-state index in [9.17, 15) is 8.42 Å². The quantitative estimate of drug-likeness (QED) is 0.691. The van der Waals surface area contributed by atoms with Gasteiger partial charge in [0, 0.05) is 6.54 Å². The average molecular weight is 282 g/mol.